The van der Waals surface area contributed by atoms with Gasteiger partial charge in [0.25, 0.3) is 0 Å². The Labute approximate surface area is 112 Å². The molecule has 0 saturated heterocycles. The Morgan fingerprint density at radius 3 is 2.65 bits per heavy atom. The largest absolute Gasteiger partial charge is 0.356 e. The molecule has 8 heteroatoms. The van der Waals surface area contributed by atoms with Crippen molar-refractivity contribution in [2.75, 3.05) is 5.32 Å². The Bertz CT molecular complexity index is 634. The molecule has 0 aliphatic rings. The first-order valence-electron chi connectivity index (χ1n) is 5.66. The van der Waals surface area contributed by atoms with E-state index >= 15 is 0 Å². The lowest BCUT2D eigenvalue weighted by molar-refractivity contribution is -0.384. The number of anilines is 1. The van der Waals surface area contributed by atoms with Gasteiger partial charge in [-0.25, -0.2) is 4.39 Å². The summed E-state index contributed by atoms with van der Waals surface area (Å²) in [6.07, 6.45) is 1.03. The Hall–Kier alpha value is -2.64. The van der Waals surface area contributed by atoms with E-state index in [1.165, 1.54) is 12.1 Å². The van der Waals surface area contributed by atoms with Crippen LogP contribution in [0.5, 0.6) is 0 Å². The number of hydrogen-bond donors (Lipinski definition) is 1. The molecular weight excluding hydrogens is 270 g/mol. The maximum absolute atomic E-state index is 13.1. The second-order valence-electron chi connectivity index (χ2n) is 4.03. The molecule has 1 atom stereocenters. The lowest BCUT2D eigenvalue weighted by Crippen LogP contribution is -2.11. The molecule has 20 heavy (non-hydrogen) atoms. The topological polar surface area (TPSA) is 81.0 Å². The Balaban J connectivity index is 2.27. The molecule has 0 amide bonds. The van der Waals surface area contributed by atoms with Crippen molar-refractivity contribution < 1.29 is 13.7 Å². The van der Waals surface area contributed by atoms with Crippen LogP contribution in [0.4, 0.5) is 20.3 Å². The fourth-order valence-corrected chi connectivity index (χ4v) is 1.60. The summed E-state index contributed by atoms with van der Waals surface area (Å²) < 4.78 is 25.8. The molecule has 0 radical (unpaired) electrons. The summed E-state index contributed by atoms with van der Waals surface area (Å²) in [4.78, 5) is 17.5. The Morgan fingerprint density at radius 2 is 2.05 bits per heavy atom. The molecular formula is C12H10F2N4O2. The Morgan fingerprint density at radius 1 is 1.30 bits per heavy atom. The van der Waals surface area contributed by atoms with Gasteiger partial charge in [-0.15, -0.1) is 0 Å². The minimum absolute atomic E-state index is 0.200. The predicted molar refractivity (Wildman–Crippen MR) is 67.1 cm³/mol. The molecule has 1 N–H and O–H groups in total. The fourth-order valence-electron chi connectivity index (χ4n) is 1.60. The predicted octanol–water partition coefficient (Wildman–Crippen LogP) is 2.84. The van der Waals surface area contributed by atoms with Crippen molar-refractivity contribution in [2.45, 2.75) is 13.0 Å². The van der Waals surface area contributed by atoms with Crippen LogP contribution in [-0.2, 0) is 0 Å². The van der Waals surface area contributed by atoms with Crippen LogP contribution in [-0.4, -0.2) is 14.9 Å². The third kappa shape index (κ3) is 3.02. The molecule has 104 valence electrons. The highest BCUT2D eigenvalue weighted by molar-refractivity contribution is 5.56. The summed E-state index contributed by atoms with van der Waals surface area (Å²) in [5.74, 6) is -1.53. The minimum atomic E-state index is -0.836. The van der Waals surface area contributed by atoms with Gasteiger partial charge in [-0.05, 0) is 19.1 Å². The number of halogens is 2. The highest BCUT2D eigenvalue weighted by Gasteiger charge is 2.19. The van der Waals surface area contributed by atoms with E-state index in [0.717, 1.165) is 18.3 Å². The van der Waals surface area contributed by atoms with Crippen LogP contribution >= 0.6 is 0 Å². The van der Waals surface area contributed by atoms with Crippen LogP contribution in [0.1, 0.15) is 18.7 Å². The van der Waals surface area contributed by atoms with Gasteiger partial charge in [-0.1, -0.05) is 0 Å². The van der Waals surface area contributed by atoms with E-state index in [-0.39, 0.29) is 11.5 Å². The fraction of sp³-hybridized carbons (Fsp3) is 0.167. The number of nitrogens with one attached hydrogen (secondary N) is 1. The normalized spacial score (nSPS) is 11.9. The van der Waals surface area contributed by atoms with Gasteiger partial charge in [0.1, 0.15) is 5.82 Å². The molecule has 0 aromatic carbocycles. The first kappa shape index (κ1) is 13.8. The average Bonchev–Trinajstić information content (AvgIpc) is 2.39. The van der Waals surface area contributed by atoms with Gasteiger partial charge in [-0.2, -0.15) is 9.37 Å². The van der Waals surface area contributed by atoms with Crippen molar-refractivity contribution in [3.8, 4) is 0 Å². The number of nitro groups is 1. The zero-order valence-electron chi connectivity index (χ0n) is 10.4. The van der Waals surface area contributed by atoms with Crippen LogP contribution in [0.2, 0.25) is 0 Å². The lowest BCUT2D eigenvalue weighted by Gasteiger charge is -2.13. The van der Waals surface area contributed by atoms with E-state index < -0.39 is 22.7 Å². The zero-order valence-corrected chi connectivity index (χ0v) is 10.4. The van der Waals surface area contributed by atoms with E-state index in [1.807, 2.05) is 0 Å². The summed E-state index contributed by atoms with van der Waals surface area (Å²) in [6, 6.07) is 4.08. The van der Waals surface area contributed by atoms with Gasteiger partial charge < -0.3 is 5.32 Å². The third-order valence-electron chi connectivity index (χ3n) is 2.58. The summed E-state index contributed by atoms with van der Waals surface area (Å²) >= 11 is 0. The van der Waals surface area contributed by atoms with Gasteiger partial charge in [0.15, 0.2) is 0 Å². The van der Waals surface area contributed by atoms with E-state index in [0.29, 0.717) is 5.69 Å². The van der Waals surface area contributed by atoms with E-state index in [1.54, 1.807) is 6.92 Å². The number of pyridine rings is 2. The smallest absolute Gasteiger partial charge is 0.311 e. The van der Waals surface area contributed by atoms with Crippen molar-refractivity contribution in [3.05, 3.63) is 58.0 Å². The van der Waals surface area contributed by atoms with E-state index in [9.17, 15) is 18.9 Å². The van der Waals surface area contributed by atoms with Gasteiger partial charge in [-0.3, -0.25) is 15.1 Å². The molecule has 2 heterocycles. The Kier molecular flexibility index (Phi) is 3.83. The number of aromatic nitrogens is 2. The maximum atomic E-state index is 13.1. The molecule has 0 saturated carbocycles. The van der Waals surface area contributed by atoms with Gasteiger partial charge in [0, 0.05) is 12.1 Å². The molecule has 0 spiro atoms. The highest BCUT2D eigenvalue weighted by Crippen LogP contribution is 2.25. The first-order chi connectivity index (χ1) is 9.47. The van der Waals surface area contributed by atoms with Crippen LogP contribution < -0.4 is 5.32 Å². The molecule has 2 aromatic rings. The van der Waals surface area contributed by atoms with Crippen molar-refractivity contribution in [1.82, 2.24) is 9.97 Å². The van der Waals surface area contributed by atoms with Crippen molar-refractivity contribution in [1.29, 1.82) is 0 Å². The van der Waals surface area contributed by atoms with Crippen molar-refractivity contribution >= 4 is 11.5 Å². The SMILES string of the molecule is C[C@H](Nc1nc(F)ccc1[N+](=O)[O-])c1ccc(F)cn1. The van der Waals surface area contributed by atoms with Gasteiger partial charge in [0.2, 0.25) is 11.8 Å². The minimum Gasteiger partial charge on any atom is -0.356 e. The molecule has 0 aliphatic carbocycles. The zero-order chi connectivity index (χ0) is 14.7. The molecule has 0 unspecified atom stereocenters. The summed E-state index contributed by atoms with van der Waals surface area (Å²) in [5.41, 5.74) is 0.104. The maximum Gasteiger partial charge on any atom is 0.311 e. The highest BCUT2D eigenvalue weighted by atomic mass is 19.1. The second kappa shape index (κ2) is 5.55. The lowest BCUT2D eigenvalue weighted by atomic mass is 10.2. The average molecular weight is 280 g/mol. The van der Waals surface area contributed by atoms with Crippen molar-refractivity contribution in [2.24, 2.45) is 0 Å². The van der Waals surface area contributed by atoms with Gasteiger partial charge >= 0.3 is 5.69 Å². The summed E-state index contributed by atoms with van der Waals surface area (Å²) in [7, 11) is 0. The second-order valence-corrected chi connectivity index (χ2v) is 4.03. The molecule has 0 bridgehead atoms. The van der Waals surface area contributed by atoms with Crippen molar-refractivity contribution in [3.63, 3.8) is 0 Å². The standard InChI is InChI=1S/C12H10F2N4O2/c1-7(9-3-2-8(13)6-15-9)16-12-10(18(19)20)4-5-11(14)17-12/h2-7H,1H3,(H,16,17)/t7-/m0/s1. The quantitative estimate of drug-likeness (QED) is 0.529. The first-order valence-corrected chi connectivity index (χ1v) is 5.66. The number of rotatable bonds is 4. The molecule has 0 aliphatic heterocycles. The van der Waals surface area contributed by atoms with Crippen LogP contribution in [0.25, 0.3) is 0 Å². The molecule has 6 nitrogen and oxygen atoms in total. The van der Waals surface area contributed by atoms with E-state index in [2.05, 4.69) is 15.3 Å². The number of hydrogen-bond acceptors (Lipinski definition) is 5. The van der Waals surface area contributed by atoms with E-state index in [4.69, 9.17) is 0 Å². The third-order valence-corrected chi connectivity index (χ3v) is 2.58. The summed E-state index contributed by atoms with van der Waals surface area (Å²) in [6.45, 7) is 1.65. The number of nitrogens with zero attached hydrogens (tertiary/aromatic N) is 3. The van der Waals surface area contributed by atoms with Crippen LogP contribution in [0, 0.1) is 21.9 Å². The van der Waals surface area contributed by atoms with Crippen LogP contribution in [0.3, 0.4) is 0 Å². The van der Waals surface area contributed by atoms with Crippen LogP contribution in [0.15, 0.2) is 30.5 Å². The monoisotopic (exact) mass is 280 g/mol. The summed E-state index contributed by atoms with van der Waals surface area (Å²) in [5, 5.41) is 13.5. The van der Waals surface area contributed by atoms with Gasteiger partial charge in [0.05, 0.1) is 22.9 Å². The molecule has 0 fully saturated rings. The molecule has 2 aromatic heterocycles. The molecule has 2 rings (SSSR count).